The van der Waals surface area contributed by atoms with E-state index in [1.807, 2.05) is 0 Å². The molecule has 18 heavy (non-hydrogen) atoms. The third kappa shape index (κ3) is 3.76. The molecule has 0 aliphatic rings. The second-order valence-electron chi connectivity index (χ2n) is 5.51. The van der Waals surface area contributed by atoms with E-state index in [4.69, 9.17) is 0 Å². The van der Waals surface area contributed by atoms with Crippen molar-refractivity contribution in [3.8, 4) is 0 Å². The third-order valence-electron chi connectivity index (χ3n) is 3.22. The lowest BCUT2D eigenvalue weighted by Gasteiger charge is -2.25. The van der Waals surface area contributed by atoms with Gasteiger partial charge in [0.05, 0.1) is 7.11 Å². The van der Waals surface area contributed by atoms with Crippen molar-refractivity contribution >= 4 is 6.09 Å². The normalized spacial score (nSPS) is 11.4. The summed E-state index contributed by atoms with van der Waals surface area (Å²) in [4.78, 5) is 11.1. The number of hydrogen-bond donors (Lipinski definition) is 1. The van der Waals surface area contributed by atoms with Crippen LogP contribution in [0.25, 0.3) is 0 Å². The van der Waals surface area contributed by atoms with Gasteiger partial charge in [-0.2, -0.15) is 0 Å². The van der Waals surface area contributed by atoms with Crippen molar-refractivity contribution in [2.75, 3.05) is 13.7 Å². The fraction of sp³-hybridized carbons (Fsp3) is 0.533. The number of benzene rings is 1. The van der Waals surface area contributed by atoms with Gasteiger partial charge in [-0.25, -0.2) is 4.79 Å². The van der Waals surface area contributed by atoms with Crippen LogP contribution in [0.15, 0.2) is 24.3 Å². The number of alkyl carbamates (subject to hydrolysis) is 1. The Bertz CT molecular complexity index is 393. The second-order valence-corrected chi connectivity index (χ2v) is 5.51. The molecular weight excluding hydrogens is 226 g/mol. The Morgan fingerprint density at radius 3 is 2.28 bits per heavy atom. The van der Waals surface area contributed by atoms with Crippen molar-refractivity contribution in [1.29, 1.82) is 0 Å². The highest BCUT2D eigenvalue weighted by Gasteiger charge is 2.21. The van der Waals surface area contributed by atoms with E-state index in [-0.39, 0.29) is 11.5 Å². The molecule has 0 bridgehead atoms. The van der Waals surface area contributed by atoms with E-state index in [2.05, 4.69) is 62.0 Å². The van der Waals surface area contributed by atoms with E-state index in [1.165, 1.54) is 18.2 Å². The molecule has 100 valence electrons. The predicted octanol–water partition coefficient (Wildman–Crippen LogP) is 3.44. The molecule has 0 atom stereocenters. The summed E-state index contributed by atoms with van der Waals surface area (Å²) in [5, 5.41) is 2.75. The molecule has 1 rings (SSSR count). The average Bonchev–Trinajstić information content (AvgIpc) is 2.36. The Labute approximate surface area is 110 Å². The molecule has 0 fully saturated rings. The summed E-state index contributed by atoms with van der Waals surface area (Å²) in [5.74, 6) is 0.537. The van der Waals surface area contributed by atoms with E-state index in [1.54, 1.807) is 0 Å². The van der Waals surface area contributed by atoms with Crippen molar-refractivity contribution in [2.24, 2.45) is 0 Å². The third-order valence-corrected chi connectivity index (χ3v) is 3.22. The zero-order chi connectivity index (χ0) is 13.8. The lowest BCUT2D eigenvalue weighted by molar-refractivity contribution is 0.168. The molecule has 1 aromatic carbocycles. The van der Waals surface area contributed by atoms with Crippen LogP contribution in [0.4, 0.5) is 4.79 Å². The Balaban J connectivity index is 2.75. The second kappa shape index (κ2) is 5.89. The molecule has 1 amide bonds. The van der Waals surface area contributed by atoms with Gasteiger partial charge in [-0.1, -0.05) is 52.0 Å². The quantitative estimate of drug-likeness (QED) is 0.887. The highest BCUT2D eigenvalue weighted by molar-refractivity contribution is 5.67. The summed E-state index contributed by atoms with van der Waals surface area (Å²) >= 11 is 0. The van der Waals surface area contributed by atoms with Gasteiger partial charge in [-0.05, 0) is 17.0 Å². The van der Waals surface area contributed by atoms with Gasteiger partial charge >= 0.3 is 6.09 Å². The molecule has 0 aromatic heterocycles. The largest absolute Gasteiger partial charge is 0.453 e. The highest BCUT2D eigenvalue weighted by Crippen LogP contribution is 2.24. The number of amides is 1. The van der Waals surface area contributed by atoms with E-state index >= 15 is 0 Å². The first-order valence-electron chi connectivity index (χ1n) is 6.29. The minimum atomic E-state index is -0.387. The molecule has 0 aliphatic carbocycles. The van der Waals surface area contributed by atoms with Crippen molar-refractivity contribution in [3.63, 3.8) is 0 Å². The Hall–Kier alpha value is -1.51. The number of ether oxygens (including phenoxy) is 1. The van der Waals surface area contributed by atoms with Crippen molar-refractivity contribution in [3.05, 3.63) is 35.4 Å². The molecule has 0 aliphatic heterocycles. The van der Waals surface area contributed by atoms with E-state index in [9.17, 15) is 4.79 Å². The lowest BCUT2D eigenvalue weighted by Crippen LogP contribution is -2.36. The number of rotatable bonds is 4. The number of carbonyl (C=O) groups excluding carboxylic acids is 1. The molecule has 0 spiro atoms. The summed E-state index contributed by atoms with van der Waals surface area (Å²) in [6, 6.07) is 8.57. The Kier molecular flexibility index (Phi) is 4.76. The van der Waals surface area contributed by atoms with Crippen LogP contribution in [-0.2, 0) is 10.2 Å². The van der Waals surface area contributed by atoms with Gasteiger partial charge in [-0.15, -0.1) is 0 Å². The van der Waals surface area contributed by atoms with Crippen LogP contribution in [0.2, 0.25) is 0 Å². The zero-order valence-electron chi connectivity index (χ0n) is 11.9. The van der Waals surface area contributed by atoms with Crippen molar-refractivity contribution < 1.29 is 9.53 Å². The van der Waals surface area contributed by atoms with Crippen LogP contribution >= 0.6 is 0 Å². The predicted molar refractivity (Wildman–Crippen MR) is 74.0 cm³/mol. The molecule has 0 saturated carbocycles. The van der Waals surface area contributed by atoms with E-state index < -0.39 is 0 Å². The average molecular weight is 249 g/mol. The van der Waals surface area contributed by atoms with Crippen LogP contribution in [0.1, 0.15) is 44.7 Å². The maximum Gasteiger partial charge on any atom is 0.406 e. The summed E-state index contributed by atoms with van der Waals surface area (Å²) in [6.07, 6.45) is -0.387. The van der Waals surface area contributed by atoms with Gasteiger partial charge < -0.3 is 10.1 Å². The summed E-state index contributed by atoms with van der Waals surface area (Å²) < 4.78 is 4.58. The Morgan fingerprint density at radius 1 is 1.28 bits per heavy atom. The van der Waals surface area contributed by atoms with Crippen LogP contribution < -0.4 is 5.32 Å². The number of methoxy groups -OCH3 is 1. The van der Waals surface area contributed by atoms with Gasteiger partial charge in [0.25, 0.3) is 0 Å². The smallest absolute Gasteiger partial charge is 0.406 e. The zero-order valence-corrected chi connectivity index (χ0v) is 11.9. The number of carbonyl (C=O) groups is 1. The van der Waals surface area contributed by atoms with Crippen LogP contribution in [-0.4, -0.2) is 19.7 Å². The number of hydrogen-bond acceptors (Lipinski definition) is 2. The van der Waals surface area contributed by atoms with Gasteiger partial charge in [0.1, 0.15) is 0 Å². The van der Waals surface area contributed by atoms with Gasteiger partial charge in [0.2, 0.25) is 0 Å². The van der Waals surface area contributed by atoms with Crippen LogP contribution in [0.5, 0.6) is 0 Å². The topological polar surface area (TPSA) is 38.3 Å². The van der Waals surface area contributed by atoms with E-state index in [0.29, 0.717) is 12.5 Å². The van der Waals surface area contributed by atoms with Crippen molar-refractivity contribution in [2.45, 2.75) is 39.0 Å². The standard InChI is InChI=1S/C15H23NO2/c1-11(2)12-6-8-13(9-7-12)15(3,4)10-16-14(17)18-5/h6-9,11H,10H2,1-5H3,(H,16,17). The molecule has 1 N–H and O–H groups in total. The SMILES string of the molecule is COC(=O)NCC(C)(C)c1ccc(C(C)C)cc1. The summed E-state index contributed by atoms with van der Waals surface area (Å²) in [7, 11) is 1.37. The van der Waals surface area contributed by atoms with Gasteiger partial charge in [0.15, 0.2) is 0 Å². The molecule has 0 unspecified atom stereocenters. The first-order valence-corrected chi connectivity index (χ1v) is 6.29. The molecule has 3 heteroatoms. The molecule has 0 heterocycles. The first-order chi connectivity index (χ1) is 8.36. The van der Waals surface area contributed by atoms with Crippen LogP contribution in [0.3, 0.4) is 0 Å². The van der Waals surface area contributed by atoms with Crippen molar-refractivity contribution in [1.82, 2.24) is 5.32 Å². The summed E-state index contributed by atoms with van der Waals surface area (Å²) in [5.41, 5.74) is 2.43. The van der Waals surface area contributed by atoms with E-state index in [0.717, 1.165) is 0 Å². The lowest BCUT2D eigenvalue weighted by atomic mass is 9.83. The van der Waals surface area contributed by atoms with Crippen LogP contribution in [0, 0.1) is 0 Å². The minimum absolute atomic E-state index is 0.107. The maximum absolute atomic E-state index is 11.1. The molecule has 1 aromatic rings. The first kappa shape index (κ1) is 14.6. The molecular formula is C15H23NO2. The highest BCUT2D eigenvalue weighted by atomic mass is 16.5. The van der Waals surface area contributed by atoms with Gasteiger partial charge in [-0.3, -0.25) is 0 Å². The Morgan fingerprint density at radius 2 is 1.83 bits per heavy atom. The summed E-state index contributed by atoms with van der Waals surface area (Å²) in [6.45, 7) is 9.12. The fourth-order valence-corrected chi connectivity index (χ4v) is 1.79. The monoisotopic (exact) mass is 249 g/mol. The minimum Gasteiger partial charge on any atom is -0.453 e. The molecule has 0 saturated heterocycles. The maximum atomic E-state index is 11.1. The fourth-order valence-electron chi connectivity index (χ4n) is 1.79. The molecule has 3 nitrogen and oxygen atoms in total. The number of nitrogens with one attached hydrogen (secondary N) is 1. The molecule has 0 radical (unpaired) electrons. The van der Waals surface area contributed by atoms with Gasteiger partial charge in [0, 0.05) is 12.0 Å².